The molecule has 2 N–H and O–H groups in total. The molecule has 1 aromatic rings. The highest BCUT2D eigenvalue weighted by atomic mass is 32.1. The number of thiocarbonyl (C=S) groups is 1. The van der Waals surface area contributed by atoms with Crippen LogP contribution < -0.4 is 15.4 Å². The standard InChI is InChI=1S/C11H15N3O4S/c1-17-6-5-12-11(19)13-9-7-8(14(15)16)3-4-10(9)18-2/h3-4,7H,5-6H2,1-2H3,(H2,12,13,19). The summed E-state index contributed by atoms with van der Waals surface area (Å²) < 4.78 is 9.98. The maximum atomic E-state index is 10.7. The molecule has 0 spiro atoms. The summed E-state index contributed by atoms with van der Waals surface area (Å²) in [7, 11) is 3.06. The second-order valence-corrected chi connectivity index (χ2v) is 3.92. The number of ether oxygens (including phenoxy) is 2. The van der Waals surface area contributed by atoms with Gasteiger partial charge in [0.25, 0.3) is 5.69 Å². The van der Waals surface area contributed by atoms with Gasteiger partial charge < -0.3 is 20.1 Å². The molecule has 0 unspecified atom stereocenters. The van der Waals surface area contributed by atoms with E-state index in [0.29, 0.717) is 29.7 Å². The van der Waals surface area contributed by atoms with Crippen molar-refractivity contribution in [3.8, 4) is 5.75 Å². The third kappa shape index (κ3) is 4.68. The molecule has 0 radical (unpaired) electrons. The first-order chi connectivity index (χ1) is 9.08. The van der Waals surface area contributed by atoms with Gasteiger partial charge in [0.15, 0.2) is 5.11 Å². The number of nitro benzene ring substituents is 1. The van der Waals surface area contributed by atoms with Gasteiger partial charge in [-0.15, -0.1) is 0 Å². The zero-order chi connectivity index (χ0) is 14.3. The van der Waals surface area contributed by atoms with E-state index in [4.69, 9.17) is 21.7 Å². The Morgan fingerprint density at radius 2 is 2.21 bits per heavy atom. The lowest BCUT2D eigenvalue weighted by Gasteiger charge is -2.12. The first kappa shape index (κ1) is 15.1. The van der Waals surface area contributed by atoms with Gasteiger partial charge in [0.05, 0.1) is 24.3 Å². The number of methoxy groups -OCH3 is 2. The van der Waals surface area contributed by atoms with Crippen molar-refractivity contribution in [1.82, 2.24) is 5.32 Å². The SMILES string of the molecule is COCCNC(=S)Nc1cc([N+](=O)[O-])ccc1OC. The van der Waals surface area contributed by atoms with E-state index >= 15 is 0 Å². The van der Waals surface area contributed by atoms with E-state index in [-0.39, 0.29) is 5.69 Å². The van der Waals surface area contributed by atoms with Crippen molar-refractivity contribution >= 4 is 28.7 Å². The summed E-state index contributed by atoms with van der Waals surface area (Å²) >= 11 is 5.06. The molecular weight excluding hydrogens is 270 g/mol. The van der Waals surface area contributed by atoms with Gasteiger partial charge >= 0.3 is 0 Å². The van der Waals surface area contributed by atoms with E-state index in [2.05, 4.69) is 10.6 Å². The van der Waals surface area contributed by atoms with Gasteiger partial charge in [-0.2, -0.15) is 0 Å². The molecule has 0 saturated carbocycles. The second-order valence-electron chi connectivity index (χ2n) is 3.52. The summed E-state index contributed by atoms with van der Waals surface area (Å²) in [4.78, 5) is 10.2. The minimum absolute atomic E-state index is 0.0389. The zero-order valence-electron chi connectivity index (χ0n) is 10.6. The molecule has 19 heavy (non-hydrogen) atoms. The maximum absolute atomic E-state index is 10.7. The Hall–Kier alpha value is -1.93. The van der Waals surface area contributed by atoms with E-state index in [1.165, 1.54) is 25.3 Å². The van der Waals surface area contributed by atoms with Crippen LogP contribution in [-0.2, 0) is 4.74 Å². The van der Waals surface area contributed by atoms with Crippen LogP contribution >= 0.6 is 12.2 Å². The lowest BCUT2D eigenvalue weighted by molar-refractivity contribution is -0.384. The number of non-ortho nitro benzene ring substituents is 1. The number of benzene rings is 1. The Bertz CT molecular complexity index is 467. The molecule has 0 bridgehead atoms. The van der Waals surface area contributed by atoms with Crippen LogP contribution in [0.1, 0.15) is 0 Å². The number of hydrogen-bond donors (Lipinski definition) is 2. The predicted octanol–water partition coefficient (Wildman–Crippen LogP) is 1.54. The van der Waals surface area contributed by atoms with Crippen molar-refractivity contribution < 1.29 is 14.4 Å². The molecule has 1 rings (SSSR count). The second kappa shape index (κ2) is 7.49. The summed E-state index contributed by atoms with van der Waals surface area (Å²) in [6, 6.07) is 4.24. The molecule has 0 aromatic heterocycles. The van der Waals surface area contributed by atoms with Crippen LogP contribution in [0.5, 0.6) is 5.75 Å². The third-order valence-electron chi connectivity index (χ3n) is 2.23. The molecule has 0 atom stereocenters. The monoisotopic (exact) mass is 285 g/mol. The Balaban J connectivity index is 2.77. The van der Waals surface area contributed by atoms with Crippen LogP contribution in [0, 0.1) is 10.1 Å². The molecule has 0 aliphatic heterocycles. The van der Waals surface area contributed by atoms with Crippen LogP contribution in [0.2, 0.25) is 0 Å². The Labute approximate surface area is 116 Å². The van der Waals surface area contributed by atoms with Crippen LogP contribution in [-0.4, -0.2) is 37.4 Å². The number of hydrogen-bond acceptors (Lipinski definition) is 5. The Morgan fingerprint density at radius 1 is 1.47 bits per heavy atom. The van der Waals surface area contributed by atoms with Crippen molar-refractivity contribution in [2.45, 2.75) is 0 Å². The van der Waals surface area contributed by atoms with E-state index in [9.17, 15) is 10.1 Å². The molecule has 8 heteroatoms. The van der Waals surface area contributed by atoms with E-state index in [1.807, 2.05) is 0 Å². The fourth-order valence-corrected chi connectivity index (χ4v) is 1.55. The first-order valence-corrected chi connectivity index (χ1v) is 5.85. The average Bonchev–Trinajstić information content (AvgIpc) is 2.38. The molecule has 0 heterocycles. The fraction of sp³-hybridized carbons (Fsp3) is 0.364. The van der Waals surface area contributed by atoms with Gasteiger partial charge in [-0.25, -0.2) is 0 Å². The van der Waals surface area contributed by atoms with Crippen molar-refractivity contribution in [2.75, 3.05) is 32.7 Å². The molecule has 0 saturated heterocycles. The van der Waals surface area contributed by atoms with Crippen LogP contribution in [0.4, 0.5) is 11.4 Å². The molecule has 104 valence electrons. The first-order valence-electron chi connectivity index (χ1n) is 5.44. The number of anilines is 1. The summed E-state index contributed by atoms with van der Waals surface area (Å²) in [5.74, 6) is 0.474. The topological polar surface area (TPSA) is 85.7 Å². The Kier molecular flexibility index (Phi) is 5.97. The van der Waals surface area contributed by atoms with Crippen LogP contribution in [0.3, 0.4) is 0 Å². The van der Waals surface area contributed by atoms with E-state index in [0.717, 1.165) is 0 Å². The number of nitrogens with one attached hydrogen (secondary N) is 2. The van der Waals surface area contributed by atoms with Gasteiger partial charge in [0.1, 0.15) is 5.75 Å². The van der Waals surface area contributed by atoms with Crippen molar-refractivity contribution in [3.05, 3.63) is 28.3 Å². The number of nitro groups is 1. The predicted molar refractivity (Wildman–Crippen MR) is 75.7 cm³/mol. The summed E-state index contributed by atoms with van der Waals surface area (Å²) in [6.07, 6.45) is 0. The molecule has 0 amide bonds. The molecule has 0 fully saturated rings. The summed E-state index contributed by atoms with van der Waals surface area (Å²) in [5, 5.41) is 16.8. The van der Waals surface area contributed by atoms with E-state index in [1.54, 1.807) is 7.11 Å². The molecule has 7 nitrogen and oxygen atoms in total. The smallest absolute Gasteiger partial charge is 0.271 e. The highest BCUT2D eigenvalue weighted by Crippen LogP contribution is 2.28. The molecule has 0 aliphatic rings. The minimum Gasteiger partial charge on any atom is -0.495 e. The van der Waals surface area contributed by atoms with Gasteiger partial charge in [-0.05, 0) is 18.3 Å². The van der Waals surface area contributed by atoms with Gasteiger partial charge in [0, 0.05) is 25.8 Å². The zero-order valence-corrected chi connectivity index (χ0v) is 11.5. The third-order valence-corrected chi connectivity index (χ3v) is 2.48. The highest BCUT2D eigenvalue weighted by Gasteiger charge is 2.12. The average molecular weight is 285 g/mol. The van der Waals surface area contributed by atoms with E-state index < -0.39 is 4.92 Å². The van der Waals surface area contributed by atoms with Crippen molar-refractivity contribution in [2.24, 2.45) is 0 Å². The molecule has 0 aliphatic carbocycles. The molecular formula is C11H15N3O4S. The van der Waals surface area contributed by atoms with Crippen molar-refractivity contribution in [1.29, 1.82) is 0 Å². The highest BCUT2D eigenvalue weighted by molar-refractivity contribution is 7.80. The van der Waals surface area contributed by atoms with Crippen LogP contribution in [0.15, 0.2) is 18.2 Å². The maximum Gasteiger partial charge on any atom is 0.271 e. The Morgan fingerprint density at radius 3 is 2.79 bits per heavy atom. The summed E-state index contributed by atoms with van der Waals surface area (Å²) in [6.45, 7) is 1.05. The van der Waals surface area contributed by atoms with Gasteiger partial charge in [-0.3, -0.25) is 10.1 Å². The minimum atomic E-state index is -0.480. The fourth-order valence-electron chi connectivity index (χ4n) is 1.34. The quantitative estimate of drug-likeness (QED) is 0.355. The summed E-state index contributed by atoms with van der Waals surface area (Å²) in [5.41, 5.74) is 0.398. The molecule has 1 aromatic carbocycles. The largest absolute Gasteiger partial charge is 0.495 e. The number of rotatable bonds is 6. The lowest BCUT2D eigenvalue weighted by atomic mass is 10.2. The lowest BCUT2D eigenvalue weighted by Crippen LogP contribution is -2.31. The normalized spacial score (nSPS) is 9.79. The van der Waals surface area contributed by atoms with Crippen LogP contribution in [0.25, 0.3) is 0 Å². The van der Waals surface area contributed by atoms with Crippen molar-refractivity contribution in [3.63, 3.8) is 0 Å². The van der Waals surface area contributed by atoms with Gasteiger partial charge in [-0.1, -0.05) is 0 Å². The van der Waals surface area contributed by atoms with Gasteiger partial charge in [0.2, 0.25) is 0 Å². The number of nitrogens with zero attached hydrogens (tertiary/aromatic N) is 1.